The minimum atomic E-state index is -1.07. The predicted octanol–water partition coefficient (Wildman–Crippen LogP) is 2.64. The van der Waals surface area contributed by atoms with Gasteiger partial charge in [0, 0.05) is 6.04 Å². The van der Waals surface area contributed by atoms with Gasteiger partial charge in [-0.3, -0.25) is 18.7 Å². The van der Waals surface area contributed by atoms with E-state index in [4.69, 9.17) is 4.74 Å². The van der Waals surface area contributed by atoms with E-state index in [1.54, 1.807) is 4.31 Å². The Morgan fingerprint density at radius 3 is 2.45 bits per heavy atom. The van der Waals surface area contributed by atoms with Crippen molar-refractivity contribution in [2.45, 2.75) is 102 Å². The summed E-state index contributed by atoms with van der Waals surface area (Å²) in [5.74, 6) is -1.17. The van der Waals surface area contributed by atoms with Crippen LogP contribution in [0.15, 0.2) is 0 Å². The third-order valence-electron chi connectivity index (χ3n) is 6.83. The first kappa shape index (κ1) is 25.8. The lowest BCUT2D eigenvalue weighted by Gasteiger charge is -2.39. The fourth-order valence-electron chi connectivity index (χ4n) is 4.82. The highest BCUT2D eigenvalue weighted by Gasteiger charge is 2.43. The molecule has 9 nitrogen and oxygen atoms in total. The topological polar surface area (TPSA) is 117 Å². The number of rotatable bonds is 9. The van der Waals surface area contributed by atoms with Crippen LogP contribution in [-0.4, -0.2) is 64.6 Å². The Morgan fingerprint density at radius 1 is 1.09 bits per heavy atom. The van der Waals surface area contributed by atoms with Crippen LogP contribution >= 0.6 is 11.9 Å². The zero-order chi connectivity index (χ0) is 23.7. The molecule has 0 bridgehead atoms. The largest absolute Gasteiger partial charge is 0.367 e. The fourth-order valence-corrected chi connectivity index (χ4v) is 5.51. The van der Waals surface area contributed by atoms with E-state index in [0.717, 1.165) is 57.8 Å². The molecule has 3 aliphatic rings. The number of carbonyl (C=O) groups excluding carboxylic acids is 4. The summed E-state index contributed by atoms with van der Waals surface area (Å²) in [5.41, 5.74) is -1.07. The van der Waals surface area contributed by atoms with Gasteiger partial charge in [-0.1, -0.05) is 51.9 Å². The van der Waals surface area contributed by atoms with Gasteiger partial charge in [-0.05, 0) is 44.1 Å². The summed E-state index contributed by atoms with van der Waals surface area (Å²) < 4.78 is 6.87. The zero-order valence-corrected chi connectivity index (χ0v) is 20.5. The van der Waals surface area contributed by atoms with E-state index in [9.17, 15) is 19.2 Å². The van der Waals surface area contributed by atoms with Crippen LogP contribution in [0.2, 0.25) is 0 Å². The smallest absolute Gasteiger partial charge is 0.328 e. The first-order valence-corrected chi connectivity index (χ1v) is 13.4. The monoisotopic (exact) mass is 482 g/mol. The molecule has 0 aromatic rings. The predicted molar refractivity (Wildman–Crippen MR) is 126 cm³/mol. The van der Waals surface area contributed by atoms with Gasteiger partial charge in [-0.25, -0.2) is 4.79 Å². The van der Waals surface area contributed by atoms with E-state index in [0.29, 0.717) is 38.4 Å². The summed E-state index contributed by atoms with van der Waals surface area (Å²) in [4.78, 5) is 52.0. The number of hydrogen-bond acceptors (Lipinski definition) is 6. The molecule has 3 N–H and O–H groups in total. The Hall–Kier alpha value is -1.81. The first-order valence-electron chi connectivity index (χ1n) is 12.4. The van der Waals surface area contributed by atoms with Crippen molar-refractivity contribution in [3.05, 3.63) is 0 Å². The van der Waals surface area contributed by atoms with E-state index in [1.807, 2.05) is 6.92 Å². The molecule has 186 valence electrons. The van der Waals surface area contributed by atoms with Gasteiger partial charge < -0.3 is 20.7 Å². The fraction of sp³-hybridized carbons (Fsp3) is 0.826. The molecule has 0 radical (unpaired) electrons. The second-order valence-electron chi connectivity index (χ2n) is 9.32. The van der Waals surface area contributed by atoms with Crippen LogP contribution in [0, 0.1) is 0 Å². The highest BCUT2D eigenvalue weighted by molar-refractivity contribution is 7.97. The number of ether oxygens (including phenoxy) is 1. The highest BCUT2D eigenvalue weighted by atomic mass is 32.2. The van der Waals surface area contributed by atoms with Gasteiger partial charge >= 0.3 is 6.03 Å². The van der Waals surface area contributed by atoms with Crippen LogP contribution < -0.4 is 16.0 Å². The number of Topliss-reactive ketones (excluding diaryl/α,β-unsaturated/α-hetero) is 1. The number of unbranched alkanes of at least 4 members (excludes halogenated alkanes) is 1. The number of hydrogen-bond donors (Lipinski definition) is 3. The van der Waals surface area contributed by atoms with Gasteiger partial charge in [0.2, 0.25) is 11.7 Å². The summed E-state index contributed by atoms with van der Waals surface area (Å²) in [5, 5.41) is 8.68. The third-order valence-corrected chi connectivity index (χ3v) is 7.76. The van der Waals surface area contributed by atoms with Crippen LogP contribution in [0.1, 0.15) is 84.0 Å². The van der Waals surface area contributed by atoms with Gasteiger partial charge in [-0.15, -0.1) is 0 Å². The molecule has 1 heterocycles. The molecule has 0 unspecified atom stereocenters. The summed E-state index contributed by atoms with van der Waals surface area (Å²) in [7, 11) is 0. The molecule has 1 saturated heterocycles. The maximum atomic E-state index is 13.5. The molecule has 0 aromatic heterocycles. The standard InChI is InChI=1S/C23H38N4O5S/c1-2-3-11-18(19(28)20(29)24-17-9-5-6-10-17)25-21(30)23(12-7-4-8-13-23)26-22(31)27-14-15-32-16-33-27/h17-18H,2-16H2,1H3,(H,24,29)(H,25,30)(H,26,31)/t18-/m0/s1. The zero-order valence-electron chi connectivity index (χ0n) is 19.7. The van der Waals surface area contributed by atoms with Crippen molar-refractivity contribution in [3.8, 4) is 0 Å². The van der Waals surface area contributed by atoms with Gasteiger partial charge in [0.25, 0.3) is 5.91 Å². The molecule has 3 fully saturated rings. The minimum absolute atomic E-state index is 0.0407. The molecule has 2 saturated carbocycles. The maximum absolute atomic E-state index is 13.5. The third kappa shape index (κ3) is 7.09. The lowest BCUT2D eigenvalue weighted by Crippen LogP contribution is -2.64. The van der Waals surface area contributed by atoms with E-state index in [1.165, 1.54) is 11.9 Å². The van der Waals surface area contributed by atoms with Crippen molar-refractivity contribution in [2.24, 2.45) is 0 Å². The van der Waals surface area contributed by atoms with Crippen LogP contribution in [0.3, 0.4) is 0 Å². The van der Waals surface area contributed by atoms with Crippen molar-refractivity contribution in [1.82, 2.24) is 20.3 Å². The van der Waals surface area contributed by atoms with Gasteiger partial charge in [-0.2, -0.15) is 0 Å². The quantitative estimate of drug-likeness (QED) is 0.344. The van der Waals surface area contributed by atoms with Crippen molar-refractivity contribution >= 4 is 35.6 Å². The van der Waals surface area contributed by atoms with Crippen LogP contribution in [0.25, 0.3) is 0 Å². The maximum Gasteiger partial charge on any atom is 0.328 e. The molecular formula is C23H38N4O5S. The Kier molecular flexibility index (Phi) is 9.85. The van der Waals surface area contributed by atoms with Crippen molar-refractivity contribution in [3.63, 3.8) is 0 Å². The minimum Gasteiger partial charge on any atom is -0.367 e. The summed E-state index contributed by atoms with van der Waals surface area (Å²) in [6.45, 7) is 2.92. The number of nitrogens with one attached hydrogen (secondary N) is 3. The Labute approximate surface area is 200 Å². The number of urea groups is 1. The molecule has 4 amide bonds. The molecule has 10 heteroatoms. The van der Waals surface area contributed by atoms with Gasteiger partial charge in [0.05, 0.1) is 19.2 Å². The molecule has 1 atom stereocenters. The molecule has 3 rings (SSSR count). The van der Waals surface area contributed by atoms with Gasteiger partial charge in [0.15, 0.2) is 0 Å². The number of amides is 4. The van der Waals surface area contributed by atoms with Crippen molar-refractivity contribution in [2.75, 3.05) is 19.1 Å². The Bertz CT molecular complexity index is 701. The normalized spacial score (nSPS) is 21.8. The van der Waals surface area contributed by atoms with E-state index >= 15 is 0 Å². The second-order valence-corrected chi connectivity index (χ2v) is 10.3. The summed E-state index contributed by atoms with van der Waals surface area (Å²) >= 11 is 1.28. The number of ketones is 1. The van der Waals surface area contributed by atoms with Crippen molar-refractivity contribution < 1.29 is 23.9 Å². The van der Waals surface area contributed by atoms with Crippen LogP contribution in [-0.2, 0) is 19.1 Å². The average molecular weight is 483 g/mol. The van der Waals surface area contributed by atoms with E-state index in [-0.39, 0.29) is 18.0 Å². The molecule has 33 heavy (non-hydrogen) atoms. The van der Waals surface area contributed by atoms with Crippen LogP contribution in [0.5, 0.6) is 0 Å². The summed E-state index contributed by atoms with van der Waals surface area (Å²) in [6.07, 6.45) is 9.53. The van der Waals surface area contributed by atoms with Crippen LogP contribution in [0.4, 0.5) is 4.79 Å². The average Bonchev–Trinajstić information content (AvgIpc) is 3.35. The van der Waals surface area contributed by atoms with E-state index < -0.39 is 23.3 Å². The molecule has 1 aliphatic heterocycles. The van der Waals surface area contributed by atoms with E-state index in [2.05, 4.69) is 16.0 Å². The Balaban J connectivity index is 1.68. The summed E-state index contributed by atoms with van der Waals surface area (Å²) in [6, 6.07) is -1.15. The Morgan fingerprint density at radius 2 is 1.82 bits per heavy atom. The molecular weight excluding hydrogens is 444 g/mol. The lowest BCUT2D eigenvalue weighted by molar-refractivity contribution is -0.141. The lowest BCUT2D eigenvalue weighted by atomic mass is 9.80. The first-order chi connectivity index (χ1) is 15.9. The number of carbonyl (C=O) groups is 4. The molecule has 0 spiro atoms. The molecule has 2 aliphatic carbocycles. The van der Waals surface area contributed by atoms with Gasteiger partial charge in [0.1, 0.15) is 11.5 Å². The van der Waals surface area contributed by atoms with Crippen molar-refractivity contribution in [1.29, 1.82) is 0 Å². The highest BCUT2D eigenvalue weighted by Crippen LogP contribution is 2.30. The second kappa shape index (κ2) is 12.6. The molecule has 0 aromatic carbocycles. The number of nitrogens with zero attached hydrogens (tertiary/aromatic N) is 1. The SMILES string of the molecule is CCCC[C@H](NC(=O)C1(NC(=O)N2CCOCS2)CCCCC1)C(=O)C(=O)NC1CCCC1.